The quantitative estimate of drug-likeness (QED) is 0.680. The Labute approximate surface area is 95.3 Å². The van der Waals surface area contributed by atoms with Crippen molar-refractivity contribution in [1.82, 2.24) is 4.98 Å². The number of halogens is 1. The minimum atomic E-state index is 0.782. The van der Waals surface area contributed by atoms with E-state index in [-0.39, 0.29) is 0 Å². The molecule has 3 heteroatoms. The van der Waals surface area contributed by atoms with Crippen molar-refractivity contribution in [2.45, 2.75) is 31.9 Å². The molecule has 0 saturated carbocycles. The first-order chi connectivity index (χ1) is 6.83. The van der Waals surface area contributed by atoms with Crippen LogP contribution in [-0.2, 0) is 5.75 Å². The Morgan fingerprint density at radius 3 is 3.00 bits per heavy atom. The zero-order valence-electron chi connectivity index (χ0n) is 8.50. The highest BCUT2D eigenvalue weighted by Gasteiger charge is 1.96. The van der Waals surface area contributed by atoms with E-state index in [1.807, 2.05) is 23.9 Å². The van der Waals surface area contributed by atoms with Gasteiger partial charge in [-0.05, 0) is 24.3 Å². The molecule has 0 aliphatic rings. The molecule has 0 bridgehead atoms. The van der Waals surface area contributed by atoms with Crippen molar-refractivity contribution >= 4 is 23.4 Å². The molecule has 0 aliphatic heterocycles. The van der Waals surface area contributed by atoms with Gasteiger partial charge in [-0.15, -0.1) is 0 Å². The molecule has 1 aromatic rings. The van der Waals surface area contributed by atoms with Crippen molar-refractivity contribution in [3.63, 3.8) is 0 Å². The van der Waals surface area contributed by atoms with E-state index in [1.54, 1.807) is 6.20 Å². The summed E-state index contributed by atoms with van der Waals surface area (Å²) in [6.07, 6.45) is 5.69. The fourth-order valence-electron chi connectivity index (χ4n) is 1.16. The number of hydrogen-bond acceptors (Lipinski definition) is 2. The predicted molar refractivity (Wildman–Crippen MR) is 64.9 cm³/mol. The molecule has 0 unspecified atom stereocenters. The van der Waals surface area contributed by atoms with Gasteiger partial charge in [-0.3, -0.25) is 4.98 Å². The summed E-state index contributed by atoms with van der Waals surface area (Å²) in [5.41, 5.74) is 1.08. The Hall–Kier alpha value is -0.210. The fourth-order valence-corrected chi connectivity index (χ4v) is 2.26. The first-order valence-corrected chi connectivity index (χ1v) is 6.54. The molecule has 0 saturated heterocycles. The Balaban J connectivity index is 2.18. The molecule has 1 rings (SSSR count). The summed E-state index contributed by atoms with van der Waals surface area (Å²) in [6, 6.07) is 3.75. The monoisotopic (exact) mass is 229 g/mol. The molecular weight excluding hydrogens is 214 g/mol. The molecule has 0 spiro atoms. The highest BCUT2D eigenvalue weighted by Crippen LogP contribution is 2.15. The standard InChI is InChI=1S/C11H16ClNS/c1-2-3-4-7-14-9-11-8-10(12)5-6-13-11/h5-6,8H,2-4,7,9H2,1H3. The van der Waals surface area contributed by atoms with Gasteiger partial charge < -0.3 is 0 Å². The number of aromatic nitrogens is 1. The van der Waals surface area contributed by atoms with E-state index in [0.29, 0.717) is 0 Å². The van der Waals surface area contributed by atoms with Crippen molar-refractivity contribution in [1.29, 1.82) is 0 Å². The van der Waals surface area contributed by atoms with Crippen LogP contribution in [0.1, 0.15) is 31.9 Å². The number of rotatable bonds is 6. The third-order valence-corrected chi connectivity index (χ3v) is 3.23. The maximum atomic E-state index is 5.86. The number of nitrogens with zero attached hydrogens (tertiary/aromatic N) is 1. The number of unbranched alkanes of at least 4 members (excludes halogenated alkanes) is 2. The number of thioether (sulfide) groups is 1. The second-order valence-corrected chi connectivity index (χ2v) is 4.77. The van der Waals surface area contributed by atoms with Crippen LogP contribution in [0.15, 0.2) is 18.3 Å². The van der Waals surface area contributed by atoms with E-state index in [2.05, 4.69) is 11.9 Å². The Morgan fingerprint density at radius 2 is 2.29 bits per heavy atom. The summed E-state index contributed by atoms with van der Waals surface area (Å²) in [5.74, 6) is 2.20. The Kier molecular flexibility index (Phi) is 6.04. The zero-order chi connectivity index (χ0) is 10.2. The van der Waals surface area contributed by atoms with Crippen LogP contribution in [0, 0.1) is 0 Å². The van der Waals surface area contributed by atoms with Gasteiger partial charge in [0.1, 0.15) is 0 Å². The van der Waals surface area contributed by atoms with Crippen LogP contribution in [0.4, 0.5) is 0 Å². The topological polar surface area (TPSA) is 12.9 Å². The van der Waals surface area contributed by atoms with Crippen molar-refractivity contribution in [3.05, 3.63) is 29.0 Å². The molecule has 0 radical (unpaired) electrons. The van der Waals surface area contributed by atoms with Gasteiger partial charge in [0, 0.05) is 17.0 Å². The second kappa shape index (κ2) is 7.13. The lowest BCUT2D eigenvalue weighted by Gasteiger charge is -2.00. The lowest BCUT2D eigenvalue weighted by molar-refractivity contribution is 0.778. The van der Waals surface area contributed by atoms with Crippen LogP contribution in [0.25, 0.3) is 0 Å². The Bertz CT molecular complexity index is 265. The van der Waals surface area contributed by atoms with Crippen LogP contribution in [0.5, 0.6) is 0 Å². The van der Waals surface area contributed by atoms with E-state index in [4.69, 9.17) is 11.6 Å². The first-order valence-electron chi connectivity index (χ1n) is 5.01. The summed E-state index contributed by atoms with van der Waals surface area (Å²) in [6.45, 7) is 2.23. The van der Waals surface area contributed by atoms with Gasteiger partial charge in [0.05, 0.1) is 5.69 Å². The summed E-state index contributed by atoms with van der Waals surface area (Å²) in [7, 11) is 0. The lowest BCUT2D eigenvalue weighted by atomic mass is 10.3. The van der Waals surface area contributed by atoms with Gasteiger partial charge in [0.15, 0.2) is 0 Å². The molecule has 1 nitrogen and oxygen atoms in total. The molecule has 1 heterocycles. The minimum Gasteiger partial charge on any atom is -0.260 e. The average Bonchev–Trinajstić information content (AvgIpc) is 2.18. The maximum Gasteiger partial charge on any atom is 0.0517 e. The molecule has 78 valence electrons. The van der Waals surface area contributed by atoms with Crippen molar-refractivity contribution in [2.24, 2.45) is 0 Å². The summed E-state index contributed by atoms with van der Waals surface area (Å²) in [4.78, 5) is 4.25. The summed E-state index contributed by atoms with van der Waals surface area (Å²) >= 11 is 7.79. The van der Waals surface area contributed by atoms with Gasteiger partial charge in [-0.1, -0.05) is 31.4 Å². The zero-order valence-corrected chi connectivity index (χ0v) is 10.1. The van der Waals surface area contributed by atoms with Crippen molar-refractivity contribution < 1.29 is 0 Å². The molecule has 0 amide bonds. The van der Waals surface area contributed by atoms with Gasteiger partial charge in [0.25, 0.3) is 0 Å². The van der Waals surface area contributed by atoms with E-state index in [0.717, 1.165) is 16.5 Å². The third-order valence-electron chi connectivity index (χ3n) is 1.92. The van der Waals surface area contributed by atoms with Crippen LogP contribution < -0.4 is 0 Å². The highest BCUT2D eigenvalue weighted by atomic mass is 35.5. The normalized spacial score (nSPS) is 10.4. The van der Waals surface area contributed by atoms with E-state index in [1.165, 1.54) is 25.0 Å². The Morgan fingerprint density at radius 1 is 1.43 bits per heavy atom. The molecule has 0 atom stereocenters. The van der Waals surface area contributed by atoms with Crippen LogP contribution in [0.2, 0.25) is 5.02 Å². The van der Waals surface area contributed by atoms with Gasteiger partial charge in [-0.25, -0.2) is 0 Å². The number of hydrogen-bond donors (Lipinski definition) is 0. The largest absolute Gasteiger partial charge is 0.260 e. The van der Waals surface area contributed by atoms with Crippen molar-refractivity contribution in [3.8, 4) is 0 Å². The number of pyridine rings is 1. The van der Waals surface area contributed by atoms with Gasteiger partial charge >= 0.3 is 0 Å². The van der Waals surface area contributed by atoms with Gasteiger partial charge in [0.2, 0.25) is 0 Å². The summed E-state index contributed by atoms with van der Waals surface area (Å²) < 4.78 is 0. The molecule has 1 aromatic heterocycles. The van der Waals surface area contributed by atoms with Crippen LogP contribution in [0.3, 0.4) is 0 Å². The molecule has 14 heavy (non-hydrogen) atoms. The van der Waals surface area contributed by atoms with Crippen LogP contribution in [-0.4, -0.2) is 10.7 Å². The maximum absolute atomic E-state index is 5.86. The SMILES string of the molecule is CCCCCSCc1cc(Cl)ccn1. The van der Waals surface area contributed by atoms with Gasteiger partial charge in [-0.2, -0.15) is 11.8 Å². The average molecular weight is 230 g/mol. The molecule has 0 fully saturated rings. The van der Waals surface area contributed by atoms with Crippen LogP contribution >= 0.6 is 23.4 Å². The van der Waals surface area contributed by atoms with E-state index in [9.17, 15) is 0 Å². The second-order valence-electron chi connectivity index (χ2n) is 3.23. The fraction of sp³-hybridized carbons (Fsp3) is 0.545. The highest BCUT2D eigenvalue weighted by molar-refractivity contribution is 7.98. The van der Waals surface area contributed by atoms with E-state index < -0.39 is 0 Å². The molecular formula is C11H16ClNS. The lowest BCUT2D eigenvalue weighted by Crippen LogP contribution is -1.87. The summed E-state index contributed by atoms with van der Waals surface area (Å²) in [5, 5.41) is 0.782. The van der Waals surface area contributed by atoms with E-state index >= 15 is 0 Å². The first kappa shape index (κ1) is 11.9. The predicted octanol–water partition coefficient (Wildman–Crippen LogP) is 4.16. The minimum absolute atomic E-state index is 0.782. The smallest absolute Gasteiger partial charge is 0.0517 e. The molecule has 0 aromatic carbocycles. The third kappa shape index (κ3) is 4.87. The molecule has 0 N–H and O–H groups in total. The van der Waals surface area contributed by atoms with Crippen molar-refractivity contribution in [2.75, 3.05) is 5.75 Å². The molecule has 0 aliphatic carbocycles.